The third-order valence-electron chi connectivity index (χ3n) is 2.25. The first-order valence-electron chi connectivity index (χ1n) is 4.63. The molecule has 0 spiro atoms. The molecule has 2 heteroatoms. The minimum absolute atomic E-state index is 0.125. The Balaban J connectivity index is 2.21. The molecule has 66 valence electrons. The van der Waals surface area contributed by atoms with Crippen LogP contribution in [0.1, 0.15) is 39.0 Å². The molecule has 2 nitrogen and oxygen atoms in total. The van der Waals surface area contributed by atoms with Crippen molar-refractivity contribution in [1.29, 1.82) is 0 Å². The normalized spacial score (nSPS) is 32.2. The smallest absolute Gasteiger partial charge is 0.0809 e. The van der Waals surface area contributed by atoms with E-state index in [9.17, 15) is 0 Å². The Morgan fingerprint density at radius 1 is 1.36 bits per heavy atom. The van der Waals surface area contributed by atoms with E-state index >= 15 is 0 Å². The van der Waals surface area contributed by atoms with E-state index in [0.29, 0.717) is 6.10 Å². The van der Waals surface area contributed by atoms with E-state index in [4.69, 9.17) is 9.84 Å². The lowest BCUT2D eigenvalue weighted by Gasteiger charge is -2.28. The highest BCUT2D eigenvalue weighted by Gasteiger charge is 2.20. The molecular weight excluding hydrogens is 140 g/mol. The van der Waals surface area contributed by atoms with Gasteiger partial charge in [-0.2, -0.15) is 0 Å². The molecule has 1 aliphatic rings. The average molecular weight is 158 g/mol. The molecule has 0 saturated carbocycles. The first-order valence-corrected chi connectivity index (χ1v) is 4.63. The molecule has 1 N–H and O–H groups in total. The van der Waals surface area contributed by atoms with E-state index in [1.165, 1.54) is 19.3 Å². The Kier molecular flexibility index (Phi) is 3.87. The van der Waals surface area contributed by atoms with Crippen LogP contribution in [-0.4, -0.2) is 23.9 Å². The molecule has 2 atom stereocenters. The summed E-state index contributed by atoms with van der Waals surface area (Å²) < 4.78 is 5.63. The standard InChI is InChI=1S/C9H18O2/c1-2-4-8-5-3-6-9(7-10)11-8/h8-10H,2-7H2,1H3. The van der Waals surface area contributed by atoms with Gasteiger partial charge in [-0.05, 0) is 25.7 Å². The Hall–Kier alpha value is -0.0800. The lowest BCUT2D eigenvalue weighted by atomic mass is 10.0. The van der Waals surface area contributed by atoms with Gasteiger partial charge >= 0.3 is 0 Å². The van der Waals surface area contributed by atoms with Crippen LogP contribution >= 0.6 is 0 Å². The Bertz CT molecular complexity index is 102. The third kappa shape index (κ3) is 2.80. The third-order valence-corrected chi connectivity index (χ3v) is 2.25. The number of aliphatic hydroxyl groups excluding tert-OH is 1. The number of ether oxygens (including phenoxy) is 1. The van der Waals surface area contributed by atoms with Gasteiger partial charge < -0.3 is 9.84 Å². The second-order valence-electron chi connectivity index (χ2n) is 3.28. The zero-order chi connectivity index (χ0) is 8.10. The van der Waals surface area contributed by atoms with Gasteiger partial charge in [0.1, 0.15) is 0 Å². The summed E-state index contributed by atoms with van der Waals surface area (Å²) in [4.78, 5) is 0. The van der Waals surface area contributed by atoms with Gasteiger partial charge in [-0.25, -0.2) is 0 Å². The summed E-state index contributed by atoms with van der Waals surface area (Å²) in [6.45, 7) is 2.37. The average Bonchev–Trinajstić information content (AvgIpc) is 2.06. The highest BCUT2D eigenvalue weighted by atomic mass is 16.5. The van der Waals surface area contributed by atoms with Gasteiger partial charge in [0, 0.05) is 0 Å². The van der Waals surface area contributed by atoms with E-state index in [2.05, 4.69) is 6.92 Å². The molecule has 1 fully saturated rings. The van der Waals surface area contributed by atoms with Crippen molar-refractivity contribution in [1.82, 2.24) is 0 Å². The van der Waals surface area contributed by atoms with Gasteiger partial charge in [-0.15, -0.1) is 0 Å². The van der Waals surface area contributed by atoms with Crippen molar-refractivity contribution in [3.63, 3.8) is 0 Å². The van der Waals surface area contributed by atoms with Crippen LogP contribution in [0, 0.1) is 0 Å². The SMILES string of the molecule is CCCC1CCCC(CO)O1. The molecule has 0 bridgehead atoms. The second kappa shape index (κ2) is 4.73. The molecule has 0 aromatic rings. The van der Waals surface area contributed by atoms with Crippen molar-refractivity contribution in [3.05, 3.63) is 0 Å². The first-order chi connectivity index (χ1) is 5.36. The van der Waals surface area contributed by atoms with Crippen LogP contribution in [0.5, 0.6) is 0 Å². The molecule has 1 heterocycles. The summed E-state index contributed by atoms with van der Waals surface area (Å²) in [5.41, 5.74) is 0. The summed E-state index contributed by atoms with van der Waals surface area (Å²) in [5.74, 6) is 0. The molecule has 2 unspecified atom stereocenters. The number of hydrogen-bond donors (Lipinski definition) is 1. The Morgan fingerprint density at radius 2 is 2.09 bits per heavy atom. The van der Waals surface area contributed by atoms with Crippen LogP contribution in [0.3, 0.4) is 0 Å². The quantitative estimate of drug-likeness (QED) is 0.677. The number of hydrogen-bond acceptors (Lipinski definition) is 2. The van der Waals surface area contributed by atoms with E-state index in [1.807, 2.05) is 0 Å². The van der Waals surface area contributed by atoms with E-state index in [1.54, 1.807) is 0 Å². The van der Waals surface area contributed by atoms with E-state index < -0.39 is 0 Å². The fourth-order valence-corrected chi connectivity index (χ4v) is 1.65. The summed E-state index contributed by atoms with van der Waals surface area (Å²) in [7, 11) is 0. The van der Waals surface area contributed by atoms with Crippen molar-refractivity contribution >= 4 is 0 Å². The van der Waals surface area contributed by atoms with Crippen LogP contribution < -0.4 is 0 Å². The van der Waals surface area contributed by atoms with Crippen molar-refractivity contribution in [2.24, 2.45) is 0 Å². The van der Waals surface area contributed by atoms with Crippen LogP contribution in [0.15, 0.2) is 0 Å². The molecule has 1 saturated heterocycles. The maximum absolute atomic E-state index is 8.85. The topological polar surface area (TPSA) is 29.5 Å². The van der Waals surface area contributed by atoms with Crippen molar-refractivity contribution in [2.45, 2.75) is 51.2 Å². The van der Waals surface area contributed by atoms with E-state index in [-0.39, 0.29) is 12.7 Å². The molecule has 0 aromatic carbocycles. The maximum Gasteiger partial charge on any atom is 0.0809 e. The highest BCUT2D eigenvalue weighted by Crippen LogP contribution is 2.21. The van der Waals surface area contributed by atoms with Crippen LogP contribution in [0.4, 0.5) is 0 Å². The minimum atomic E-state index is 0.125. The van der Waals surface area contributed by atoms with Crippen LogP contribution in [-0.2, 0) is 4.74 Å². The molecule has 1 aliphatic heterocycles. The second-order valence-corrected chi connectivity index (χ2v) is 3.28. The molecule has 11 heavy (non-hydrogen) atoms. The molecular formula is C9H18O2. The number of rotatable bonds is 3. The largest absolute Gasteiger partial charge is 0.394 e. The van der Waals surface area contributed by atoms with Crippen LogP contribution in [0.25, 0.3) is 0 Å². The highest BCUT2D eigenvalue weighted by molar-refractivity contribution is 4.69. The summed E-state index contributed by atoms with van der Waals surface area (Å²) in [6, 6.07) is 0. The summed E-state index contributed by atoms with van der Waals surface area (Å²) in [5, 5.41) is 8.85. The first kappa shape index (κ1) is 9.01. The summed E-state index contributed by atoms with van der Waals surface area (Å²) in [6.07, 6.45) is 6.32. The van der Waals surface area contributed by atoms with Crippen LogP contribution in [0.2, 0.25) is 0 Å². The zero-order valence-corrected chi connectivity index (χ0v) is 7.25. The zero-order valence-electron chi connectivity index (χ0n) is 7.25. The number of aliphatic hydroxyl groups is 1. The molecule has 0 radical (unpaired) electrons. The van der Waals surface area contributed by atoms with Gasteiger partial charge in [0.2, 0.25) is 0 Å². The van der Waals surface area contributed by atoms with Gasteiger partial charge in [0.05, 0.1) is 18.8 Å². The van der Waals surface area contributed by atoms with Gasteiger partial charge in [-0.3, -0.25) is 0 Å². The fraction of sp³-hybridized carbons (Fsp3) is 1.00. The van der Waals surface area contributed by atoms with E-state index in [0.717, 1.165) is 12.8 Å². The van der Waals surface area contributed by atoms with Crippen molar-refractivity contribution < 1.29 is 9.84 Å². The van der Waals surface area contributed by atoms with Gasteiger partial charge in [0.15, 0.2) is 0 Å². The lowest BCUT2D eigenvalue weighted by Crippen LogP contribution is -2.29. The Labute approximate surface area is 68.6 Å². The Morgan fingerprint density at radius 3 is 2.73 bits per heavy atom. The maximum atomic E-state index is 8.85. The summed E-state index contributed by atoms with van der Waals surface area (Å²) >= 11 is 0. The van der Waals surface area contributed by atoms with Gasteiger partial charge in [-0.1, -0.05) is 13.3 Å². The predicted molar refractivity (Wildman–Crippen MR) is 44.5 cm³/mol. The molecule has 1 rings (SSSR count). The van der Waals surface area contributed by atoms with Crippen molar-refractivity contribution in [3.8, 4) is 0 Å². The molecule has 0 amide bonds. The fourth-order valence-electron chi connectivity index (χ4n) is 1.65. The van der Waals surface area contributed by atoms with Gasteiger partial charge in [0.25, 0.3) is 0 Å². The lowest BCUT2D eigenvalue weighted by molar-refractivity contribution is -0.0745. The predicted octanol–water partition coefficient (Wildman–Crippen LogP) is 1.72. The molecule has 0 aliphatic carbocycles. The monoisotopic (exact) mass is 158 g/mol. The molecule has 0 aromatic heterocycles. The minimum Gasteiger partial charge on any atom is -0.394 e. The van der Waals surface area contributed by atoms with Crippen molar-refractivity contribution in [2.75, 3.05) is 6.61 Å².